The number of carbonyl (C=O) groups is 2. The van der Waals surface area contributed by atoms with Crippen LogP contribution < -0.4 is 10.9 Å². The molecule has 0 bridgehead atoms. The van der Waals surface area contributed by atoms with Crippen LogP contribution in [0.4, 0.5) is 0 Å². The number of aliphatic carboxylic acids is 1. The molecule has 7 heteroatoms. The lowest BCUT2D eigenvalue weighted by atomic mass is 9.99. The predicted molar refractivity (Wildman–Crippen MR) is 111 cm³/mol. The quantitative estimate of drug-likeness (QED) is 0.491. The van der Waals surface area contributed by atoms with Gasteiger partial charge in [-0.15, -0.1) is 0 Å². The van der Waals surface area contributed by atoms with Gasteiger partial charge in [-0.3, -0.25) is 9.59 Å². The van der Waals surface area contributed by atoms with E-state index in [0.29, 0.717) is 22.1 Å². The number of rotatable bonds is 5. The summed E-state index contributed by atoms with van der Waals surface area (Å²) in [5.41, 5.74) is 3.03. The van der Waals surface area contributed by atoms with Crippen LogP contribution in [0.3, 0.4) is 0 Å². The second kappa shape index (κ2) is 7.51. The molecule has 2 N–H and O–H groups in total. The third kappa shape index (κ3) is 3.45. The van der Waals surface area contributed by atoms with Crippen molar-refractivity contribution in [2.75, 3.05) is 0 Å². The van der Waals surface area contributed by atoms with Crippen molar-refractivity contribution in [3.63, 3.8) is 0 Å². The highest BCUT2D eigenvalue weighted by Gasteiger charge is 2.20. The van der Waals surface area contributed by atoms with Crippen LogP contribution >= 0.6 is 0 Å². The Morgan fingerprint density at radius 2 is 1.83 bits per heavy atom. The molecule has 0 radical (unpaired) electrons. The Morgan fingerprint density at radius 1 is 1.10 bits per heavy atom. The predicted octanol–water partition coefficient (Wildman–Crippen LogP) is 3.65. The van der Waals surface area contributed by atoms with Crippen molar-refractivity contribution < 1.29 is 23.5 Å². The first-order chi connectivity index (χ1) is 14.3. The highest BCUT2D eigenvalue weighted by atomic mass is 16.4. The van der Waals surface area contributed by atoms with Gasteiger partial charge in [-0.05, 0) is 31.0 Å². The molecule has 1 atom stereocenters. The van der Waals surface area contributed by atoms with Crippen molar-refractivity contribution in [3.05, 3.63) is 70.3 Å². The van der Waals surface area contributed by atoms with Crippen molar-refractivity contribution in [2.45, 2.75) is 26.3 Å². The monoisotopic (exact) mass is 405 g/mol. The van der Waals surface area contributed by atoms with E-state index in [1.165, 1.54) is 6.92 Å². The molecular weight excluding hydrogens is 386 g/mol. The van der Waals surface area contributed by atoms with Gasteiger partial charge in [-0.1, -0.05) is 30.3 Å². The van der Waals surface area contributed by atoms with E-state index in [1.807, 2.05) is 36.4 Å². The third-order valence-corrected chi connectivity index (χ3v) is 5.15. The molecule has 0 aliphatic heterocycles. The smallest absolute Gasteiger partial charge is 0.340 e. The van der Waals surface area contributed by atoms with Crippen LogP contribution in [0.2, 0.25) is 0 Å². The van der Waals surface area contributed by atoms with E-state index in [1.54, 1.807) is 19.3 Å². The van der Waals surface area contributed by atoms with Gasteiger partial charge in [0.25, 0.3) is 0 Å². The van der Waals surface area contributed by atoms with Gasteiger partial charge >= 0.3 is 11.6 Å². The Morgan fingerprint density at radius 3 is 2.53 bits per heavy atom. The molecule has 0 unspecified atom stereocenters. The average molecular weight is 405 g/mol. The minimum absolute atomic E-state index is 0.196. The summed E-state index contributed by atoms with van der Waals surface area (Å²) in [4.78, 5) is 35.6. The maximum absolute atomic E-state index is 12.5. The van der Waals surface area contributed by atoms with Crippen LogP contribution in [-0.2, 0) is 16.0 Å². The maximum atomic E-state index is 12.5. The fraction of sp³-hybridized carbons (Fsp3) is 0.174. The molecule has 2 aromatic carbocycles. The Kier molecular flexibility index (Phi) is 4.87. The third-order valence-electron chi connectivity index (χ3n) is 5.15. The largest absolute Gasteiger partial charge is 0.480 e. The molecule has 2 aromatic heterocycles. The highest BCUT2D eigenvalue weighted by Crippen LogP contribution is 2.34. The second-order valence-electron chi connectivity index (χ2n) is 7.16. The number of carboxylic acids is 1. The molecule has 0 saturated carbocycles. The van der Waals surface area contributed by atoms with Crippen LogP contribution in [0.5, 0.6) is 0 Å². The SMILES string of the molecule is Cc1c(CC(=O)N[C@@H](C)C(=O)O)c(=O)oc2cc3occ(-c4ccccc4)c3cc12. The molecule has 0 fully saturated rings. The Bertz CT molecular complexity index is 1330. The van der Waals surface area contributed by atoms with E-state index in [4.69, 9.17) is 13.9 Å². The van der Waals surface area contributed by atoms with E-state index in [-0.39, 0.29) is 12.0 Å². The van der Waals surface area contributed by atoms with Gasteiger partial charge in [0, 0.05) is 22.4 Å². The van der Waals surface area contributed by atoms with Crippen LogP contribution in [-0.4, -0.2) is 23.0 Å². The van der Waals surface area contributed by atoms with Gasteiger partial charge in [0.1, 0.15) is 17.2 Å². The molecule has 30 heavy (non-hydrogen) atoms. The minimum atomic E-state index is -1.15. The molecule has 2 heterocycles. The summed E-state index contributed by atoms with van der Waals surface area (Å²) in [6.07, 6.45) is 1.39. The standard InChI is InChI=1S/C23H19NO6/c1-12-15-8-17-18(14-6-4-3-5-7-14)11-29-19(17)10-20(15)30-23(28)16(12)9-21(25)24-13(2)22(26)27/h3-8,10-11,13H,9H2,1-2H3,(H,24,25)(H,26,27)/t13-/m0/s1. The number of carboxylic acid groups (broad SMARTS) is 1. The maximum Gasteiger partial charge on any atom is 0.340 e. The zero-order valence-electron chi connectivity index (χ0n) is 16.4. The van der Waals surface area contributed by atoms with Crippen molar-refractivity contribution in [3.8, 4) is 11.1 Å². The van der Waals surface area contributed by atoms with Crippen molar-refractivity contribution in [2.24, 2.45) is 0 Å². The van der Waals surface area contributed by atoms with E-state index in [9.17, 15) is 14.4 Å². The van der Waals surface area contributed by atoms with E-state index in [2.05, 4.69) is 5.32 Å². The fourth-order valence-corrected chi connectivity index (χ4v) is 3.47. The van der Waals surface area contributed by atoms with Gasteiger partial charge in [0.15, 0.2) is 0 Å². The van der Waals surface area contributed by atoms with E-state index < -0.39 is 23.5 Å². The highest BCUT2D eigenvalue weighted by molar-refractivity contribution is 6.02. The lowest BCUT2D eigenvalue weighted by molar-refractivity contribution is -0.141. The first-order valence-electron chi connectivity index (χ1n) is 9.40. The number of fused-ring (bicyclic) bond motifs is 2. The van der Waals surface area contributed by atoms with E-state index in [0.717, 1.165) is 16.5 Å². The Hall–Kier alpha value is -3.87. The van der Waals surface area contributed by atoms with Crippen LogP contribution in [0.25, 0.3) is 33.1 Å². The average Bonchev–Trinajstić information content (AvgIpc) is 3.13. The molecule has 7 nitrogen and oxygen atoms in total. The molecule has 0 spiro atoms. The Balaban J connectivity index is 1.80. The first-order valence-corrected chi connectivity index (χ1v) is 9.40. The van der Waals surface area contributed by atoms with Gasteiger partial charge in [-0.25, -0.2) is 4.79 Å². The Labute approximate surface area is 170 Å². The van der Waals surface area contributed by atoms with Crippen LogP contribution in [0.15, 0.2) is 62.4 Å². The summed E-state index contributed by atoms with van der Waals surface area (Å²) in [5, 5.41) is 12.8. The lowest BCUT2D eigenvalue weighted by Gasteiger charge is -2.11. The van der Waals surface area contributed by atoms with Gasteiger partial charge in [0.2, 0.25) is 5.91 Å². The minimum Gasteiger partial charge on any atom is -0.480 e. The summed E-state index contributed by atoms with van der Waals surface area (Å²) < 4.78 is 11.1. The summed E-state index contributed by atoms with van der Waals surface area (Å²) in [5.74, 6) is -1.71. The molecule has 152 valence electrons. The second-order valence-corrected chi connectivity index (χ2v) is 7.16. The van der Waals surface area contributed by atoms with Crippen molar-refractivity contribution in [1.82, 2.24) is 5.32 Å². The van der Waals surface area contributed by atoms with Crippen LogP contribution in [0, 0.1) is 6.92 Å². The zero-order chi connectivity index (χ0) is 21.4. The normalized spacial score (nSPS) is 12.2. The summed E-state index contributed by atoms with van der Waals surface area (Å²) in [7, 11) is 0. The lowest BCUT2D eigenvalue weighted by Crippen LogP contribution is -2.39. The number of carbonyl (C=O) groups excluding carboxylic acids is 1. The molecule has 4 aromatic rings. The van der Waals surface area contributed by atoms with Gasteiger partial charge in [0.05, 0.1) is 18.2 Å². The number of amides is 1. The number of nitrogens with one attached hydrogen (secondary N) is 1. The molecule has 4 rings (SSSR count). The topological polar surface area (TPSA) is 110 Å². The molecule has 0 saturated heterocycles. The van der Waals surface area contributed by atoms with Gasteiger partial charge < -0.3 is 19.3 Å². The number of furan rings is 1. The summed E-state index contributed by atoms with van der Waals surface area (Å²) in [6, 6.07) is 12.3. The molecule has 0 aliphatic rings. The number of aryl methyl sites for hydroxylation is 1. The van der Waals surface area contributed by atoms with Crippen molar-refractivity contribution >= 4 is 33.8 Å². The number of benzene rings is 2. The van der Waals surface area contributed by atoms with E-state index >= 15 is 0 Å². The summed E-state index contributed by atoms with van der Waals surface area (Å²) >= 11 is 0. The van der Waals surface area contributed by atoms with Crippen molar-refractivity contribution in [1.29, 1.82) is 0 Å². The number of hydrogen-bond donors (Lipinski definition) is 2. The fourth-order valence-electron chi connectivity index (χ4n) is 3.47. The zero-order valence-corrected chi connectivity index (χ0v) is 16.4. The molecular formula is C23H19NO6. The first kappa shape index (κ1) is 19.4. The summed E-state index contributed by atoms with van der Waals surface area (Å²) in [6.45, 7) is 3.10. The molecule has 1 amide bonds. The van der Waals surface area contributed by atoms with Crippen LogP contribution in [0.1, 0.15) is 18.1 Å². The molecule has 0 aliphatic carbocycles. The van der Waals surface area contributed by atoms with Gasteiger partial charge in [-0.2, -0.15) is 0 Å². The number of hydrogen-bond acceptors (Lipinski definition) is 5.